The van der Waals surface area contributed by atoms with Gasteiger partial charge in [0.25, 0.3) is 0 Å². The number of hydrogen-bond acceptors (Lipinski definition) is 4. The van der Waals surface area contributed by atoms with Gasteiger partial charge in [-0.3, -0.25) is 14.5 Å². The van der Waals surface area contributed by atoms with E-state index >= 15 is 0 Å². The fourth-order valence-corrected chi connectivity index (χ4v) is 2.72. The molecule has 0 spiro atoms. The predicted octanol–water partition coefficient (Wildman–Crippen LogP) is 1.37. The number of amides is 1. The van der Waals surface area contributed by atoms with E-state index < -0.39 is 0 Å². The minimum absolute atomic E-state index is 0.0216. The molecule has 1 rings (SSSR count). The Balaban J connectivity index is 2.52. The molecule has 0 aliphatic rings. The summed E-state index contributed by atoms with van der Waals surface area (Å²) in [7, 11) is 3.32. The molecule has 88 valence electrons. The van der Waals surface area contributed by atoms with Gasteiger partial charge in [-0.05, 0) is 34.4 Å². The third-order valence-corrected chi connectivity index (χ3v) is 3.86. The minimum Gasteiger partial charge on any atom is -0.358 e. The summed E-state index contributed by atoms with van der Waals surface area (Å²) in [5.41, 5.74) is 0. The summed E-state index contributed by atoms with van der Waals surface area (Å²) in [6, 6.07) is 1.84. The van der Waals surface area contributed by atoms with Gasteiger partial charge in [0, 0.05) is 11.5 Å². The number of likely N-dealkylation sites (N-methyl/N-ethyl adjacent to an activating group) is 2. The Labute approximate surface area is 107 Å². The zero-order valence-corrected chi connectivity index (χ0v) is 11.5. The van der Waals surface area contributed by atoms with Gasteiger partial charge in [0.15, 0.2) is 5.78 Å². The first-order valence-corrected chi connectivity index (χ1v) is 6.37. The lowest BCUT2D eigenvalue weighted by atomic mass is 10.3. The van der Waals surface area contributed by atoms with Crippen LogP contribution in [0.4, 0.5) is 0 Å². The number of ketones is 1. The molecule has 1 amide bonds. The molecule has 0 fully saturated rings. The molecule has 0 saturated carbocycles. The van der Waals surface area contributed by atoms with Gasteiger partial charge in [0.1, 0.15) is 0 Å². The molecule has 1 heterocycles. The van der Waals surface area contributed by atoms with Crippen LogP contribution < -0.4 is 5.32 Å². The van der Waals surface area contributed by atoms with E-state index in [2.05, 4.69) is 21.2 Å². The van der Waals surface area contributed by atoms with Crippen molar-refractivity contribution in [2.75, 3.05) is 27.2 Å². The van der Waals surface area contributed by atoms with E-state index in [1.165, 1.54) is 11.3 Å². The van der Waals surface area contributed by atoms with Crippen LogP contribution in [0.15, 0.2) is 15.9 Å². The first-order valence-electron chi connectivity index (χ1n) is 4.70. The number of nitrogens with zero attached hydrogens (tertiary/aromatic N) is 1. The van der Waals surface area contributed by atoms with Crippen LogP contribution in [0.25, 0.3) is 0 Å². The van der Waals surface area contributed by atoms with Crippen molar-refractivity contribution < 1.29 is 9.59 Å². The minimum atomic E-state index is -0.0967. The van der Waals surface area contributed by atoms with Gasteiger partial charge in [-0.1, -0.05) is 0 Å². The van der Waals surface area contributed by atoms with Gasteiger partial charge in [-0.25, -0.2) is 0 Å². The second kappa shape index (κ2) is 6.12. The molecule has 0 radical (unpaired) electrons. The van der Waals surface area contributed by atoms with E-state index in [4.69, 9.17) is 0 Å². The molecule has 0 aliphatic carbocycles. The summed E-state index contributed by atoms with van der Waals surface area (Å²) in [4.78, 5) is 25.3. The van der Waals surface area contributed by atoms with Crippen molar-refractivity contribution >= 4 is 39.0 Å². The molecular weight excluding hydrogens is 292 g/mol. The van der Waals surface area contributed by atoms with Gasteiger partial charge >= 0.3 is 0 Å². The van der Waals surface area contributed by atoms with Crippen LogP contribution in [0.3, 0.4) is 0 Å². The van der Waals surface area contributed by atoms with E-state index in [1.807, 2.05) is 11.4 Å². The first-order chi connectivity index (χ1) is 7.54. The fourth-order valence-electron chi connectivity index (χ4n) is 1.19. The Morgan fingerprint density at radius 3 is 2.69 bits per heavy atom. The molecule has 4 nitrogen and oxygen atoms in total. The molecule has 1 aromatic heterocycles. The lowest BCUT2D eigenvalue weighted by Crippen LogP contribution is -2.35. The van der Waals surface area contributed by atoms with Gasteiger partial charge in [0.05, 0.1) is 18.0 Å². The largest absolute Gasteiger partial charge is 0.358 e. The second-order valence-electron chi connectivity index (χ2n) is 3.37. The number of hydrogen-bond donors (Lipinski definition) is 1. The topological polar surface area (TPSA) is 49.4 Å². The van der Waals surface area contributed by atoms with E-state index in [-0.39, 0.29) is 24.8 Å². The first kappa shape index (κ1) is 13.3. The average molecular weight is 305 g/mol. The Bertz CT molecular complexity index is 392. The SMILES string of the molecule is CNC(=O)CN(C)CC(=O)c1sccc1Br. The molecule has 16 heavy (non-hydrogen) atoms. The number of rotatable bonds is 5. The fraction of sp³-hybridized carbons (Fsp3) is 0.400. The van der Waals surface area contributed by atoms with Crippen molar-refractivity contribution in [1.29, 1.82) is 0 Å². The molecular formula is C10H13BrN2O2S. The van der Waals surface area contributed by atoms with Crippen molar-refractivity contribution in [2.24, 2.45) is 0 Å². The third-order valence-electron chi connectivity index (χ3n) is 1.98. The van der Waals surface area contributed by atoms with Gasteiger partial charge in [0.2, 0.25) is 5.91 Å². The van der Waals surface area contributed by atoms with Crippen LogP contribution in [-0.2, 0) is 4.79 Å². The normalized spacial score (nSPS) is 10.5. The van der Waals surface area contributed by atoms with Crippen LogP contribution in [-0.4, -0.2) is 43.8 Å². The Kier molecular flexibility index (Phi) is 5.11. The molecule has 1 aromatic rings. The molecule has 0 atom stereocenters. The molecule has 0 unspecified atom stereocenters. The van der Waals surface area contributed by atoms with Crippen LogP contribution in [0.5, 0.6) is 0 Å². The lowest BCUT2D eigenvalue weighted by Gasteiger charge is -2.13. The van der Waals surface area contributed by atoms with Crippen molar-refractivity contribution in [3.05, 3.63) is 20.8 Å². The highest BCUT2D eigenvalue weighted by Gasteiger charge is 2.15. The highest BCUT2D eigenvalue weighted by atomic mass is 79.9. The molecule has 0 aromatic carbocycles. The van der Waals surface area contributed by atoms with Crippen molar-refractivity contribution in [2.45, 2.75) is 0 Å². The standard InChI is InChI=1S/C10H13BrN2O2S/c1-12-9(15)6-13(2)5-8(14)10-7(11)3-4-16-10/h3-4H,5-6H2,1-2H3,(H,12,15). The predicted molar refractivity (Wildman–Crippen MR) is 67.9 cm³/mol. The van der Waals surface area contributed by atoms with E-state index in [0.717, 1.165) is 4.47 Å². The number of halogens is 1. The summed E-state index contributed by atoms with van der Waals surface area (Å²) in [6.07, 6.45) is 0. The van der Waals surface area contributed by atoms with E-state index in [0.29, 0.717) is 4.88 Å². The van der Waals surface area contributed by atoms with E-state index in [1.54, 1.807) is 19.0 Å². The summed E-state index contributed by atoms with van der Waals surface area (Å²) in [5, 5.41) is 4.37. The smallest absolute Gasteiger partial charge is 0.233 e. The van der Waals surface area contributed by atoms with Crippen LogP contribution in [0, 0.1) is 0 Å². The van der Waals surface area contributed by atoms with Crippen LogP contribution in [0.1, 0.15) is 9.67 Å². The number of nitrogens with one attached hydrogen (secondary N) is 1. The number of carbonyl (C=O) groups excluding carboxylic acids is 2. The lowest BCUT2D eigenvalue weighted by molar-refractivity contribution is -0.121. The zero-order chi connectivity index (χ0) is 12.1. The highest BCUT2D eigenvalue weighted by Crippen LogP contribution is 2.23. The number of thiophene rings is 1. The molecule has 6 heteroatoms. The summed E-state index contributed by atoms with van der Waals surface area (Å²) < 4.78 is 0.816. The highest BCUT2D eigenvalue weighted by molar-refractivity contribution is 9.10. The summed E-state index contributed by atoms with van der Waals surface area (Å²) in [6.45, 7) is 0.470. The second-order valence-corrected chi connectivity index (χ2v) is 5.14. The van der Waals surface area contributed by atoms with Gasteiger partial charge in [-0.2, -0.15) is 0 Å². The van der Waals surface area contributed by atoms with E-state index in [9.17, 15) is 9.59 Å². The Morgan fingerprint density at radius 1 is 1.50 bits per heavy atom. The summed E-state index contributed by atoms with van der Waals surface area (Å²) >= 11 is 4.71. The maximum absolute atomic E-state index is 11.8. The quantitative estimate of drug-likeness (QED) is 0.836. The molecule has 0 aliphatic heterocycles. The molecule has 0 saturated heterocycles. The van der Waals surface area contributed by atoms with Crippen molar-refractivity contribution in [3.8, 4) is 0 Å². The van der Waals surface area contributed by atoms with Crippen molar-refractivity contribution in [3.63, 3.8) is 0 Å². The molecule has 1 N–H and O–H groups in total. The summed E-state index contributed by atoms with van der Waals surface area (Å²) in [5.74, 6) is -0.0752. The number of carbonyl (C=O) groups is 2. The zero-order valence-electron chi connectivity index (χ0n) is 9.12. The monoisotopic (exact) mass is 304 g/mol. The Morgan fingerprint density at radius 2 is 2.19 bits per heavy atom. The van der Waals surface area contributed by atoms with Gasteiger partial charge < -0.3 is 5.32 Å². The van der Waals surface area contributed by atoms with Crippen molar-refractivity contribution in [1.82, 2.24) is 10.2 Å². The number of Topliss-reactive ketones (excluding diaryl/α,β-unsaturated/α-hetero) is 1. The average Bonchev–Trinajstić information content (AvgIpc) is 2.63. The maximum atomic E-state index is 11.8. The van der Waals surface area contributed by atoms with Crippen LogP contribution in [0.2, 0.25) is 0 Å². The maximum Gasteiger partial charge on any atom is 0.233 e. The third kappa shape index (κ3) is 3.70. The van der Waals surface area contributed by atoms with Crippen LogP contribution >= 0.6 is 27.3 Å². The van der Waals surface area contributed by atoms with Gasteiger partial charge in [-0.15, -0.1) is 11.3 Å². The molecule has 0 bridgehead atoms. The Hall–Kier alpha value is -0.720.